The Labute approximate surface area is 87.7 Å². The molecule has 0 amide bonds. The molecule has 0 saturated carbocycles. The fourth-order valence-electron chi connectivity index (χ4n) is 1.24. The van der Waals surface area contributed by atoms with E-state index in [1.54, 1.807) is 18.0 Å². The van der Waals surface area contributed by atoms with E-state index in [-0.39, 0.29) is 0 Å². The molecule has 0 fully saturated rings. The van der Waals surface area contributed by atoms with E-state index in [9.17, 15) is 9.18 Å². The van der Waals surface area contributed by atoms with E-state index in [4.69, 9.17) is 5.26 Å². The number of benzene rings is 1. The molecule has 1 aromatic rings. The van der Waals surface area contributed by atoms with Crippen LogP contribution < -0.4 is 4.90 Å². The van der Waals surface area contributed by atoms with E-state index in [0.717, 1.165) is 0 Å². The molecule has 0 spiro atoms. The van der Waals surface area contributed by atoms with Gasteiger partial charge in [-0.05, 0) is 18.2 Å². The van der Waals surface area contributed by atoms with Gasteiger partial charge in [0.2, 0.25) is 0 Å². The van der Waals surface area contributed by atoms with Crippen molar-refractivity contribution in [3.8, 4) is 6.07 Å². The minimum atomic E-state index is -0.444. The average molecular weight is 206 g/mol. The second-order valence-corrected chi connectivity index (χ2v) is 3.16. The standard InChI is InChI=1S/C11H11FN2O/c1-14(6-2-5-13)11-4-3-9(8-15)7-10(11)12/h3-4,7-8H,2,6H2,1H3. The lowest BCUT2D eigenvalue weighted by molar-refractivity contribution is 0.112. The van der Waals surface area contributed by atoms with E-state index < -0.39 is 5.82 Å². The van der Waals surface area contributed by atoms with Gasteiger partial charge in [-0.3, -0.25) is 4.79 Å². The number of carbonyl (C=O) groups excluding carboxylic acids is 1. The van der Waals surface area contributed by atoms with Crippen LogP contribution in [0.3, 0.4) is 0 Å². The molecule has 0 bridgehead atoms. The number of aldehydes is 1. The van der Waals surface area contributed by atoms with Gasteiger partial charge < -0.3 is 4.90 Å². The van der Waals surface area contributed by atoms with Gasteiger partial charge in [-0.25, -0.2) is 4.39 Å². The number of anilines is 1. The van der Waals surface area contributed by atoms with Crippen LogP contribution in [0.25, 0.3) is 0 Å². The van der Waals surface area contributed by atoms with E-state index >= 15 is 0 Å². The van der Waals surface area contributed by atoms with Crippen molar-refractivity contribution in [2.45, 2.75) is 6.42 Å². The Hall–Kier alpha value is -1.89. The van der Waals surface area contributed by atoms with Crippen LogP contribution >= 0.6 is 0 Å². The SMILES string of the molecule is CN(CCC#N)c1ccc(C=O)cc1F. The van der Waals surface area contributed by atoms with Crippen molar-refractivity contribution in [2.24, 2.45) is 0 Å². The maximum atomic E-state index is 13.4. The summed E-state index contributed by atoms with van der Waals surface area (Å²) in [5.41, 5.74) is 0.709. The number of rotatable bonds is 4. The molecule has 0 saturated heterocycles. The van der Waals surface area contributed by atoms with Crippen molar-refractivity contribution in [3.05, 3.63) is 29.6 Å². The molecule has 1 rings (SSSR count). The van der Waals surface area contributed by atoms with Gasteiger partial charge in [0, 0.05) is 19.2 Å². The third-order valence-corrected chi connectivity index (χ3v) is 2.08. The quantitative estimate of drug-likeness (QED) is 0.707. The van der Waals surface area contributed by atoms with Crippen molar-refractivity contribution in [3.63, 3.8) is 0 Å². The van der Waals surface area contributed by atoms with Crippen LogP contribution in [-0.2, 0) is 0 Å². The van der Waals surface area contributed by atoms with Crippen LogP contribution in [0.4, 0.5) is 10.1 Å². The predicted molar refractivity (Wildman–Crippen MR) is 55.3 cm³/mol. The molecule has 0 atom stereocenters. The summed E-state index contributed by atoms with van der Waals surface area (Å²) in [5, 5.41) is 8.40. The molecule has 0 aliphatic carbocycles. The molecule has 0 aliphatic rings. The van der Waals surface area contributed by atoms with Crippen molar-refractivity contribution >= 4 is 12.0 Å². The Kier molecular flexibility index (Phi) is 3.81. The zero-order chi connectivity index (χ0) is 11.3. The van der Waals surface area contributed by atoms with Gasteiger partial charge in [0.1, 0.15) is 12.1 Å². The molecule has 0 N–H and O–H groups in total. The second kappa shape index (κ2) is 5.11. The van der Waals surface area contributed by atoms with Gasteiger partial charge in [-0.1, -0.05) is 0 Å². The summed E-state index contributed by atoms with van der Waals surface area (Å²) in [6.07, 6.45) is 0.938. The third kappa shape index (κ3) is 2.78. The maximum Gasteiger partial charge on any atom is 0.150 e. The Bertz CT molecular complexity index is 398. The zero-order valence-electron chi connectivity index (χ0n) is 8.40. The number of halogens is 1. The van der Waals surface area contributed by atoms with Crippen LogP contribution in [0, 0.1) is 17.1 Å². The molecule has 3 nitrogen and oxygen atoms in total. The lowest BCUT2D eigenvalue weighted by Gasteiger charge is -2.18. The first-order chi connectivity index (χ1) is 7.19. The monoisotopic (exact) mass is 206 g/mol. The molecule has 15 heavy (non-hydrogen) atoms. The van der Waals surface area contributed by atoms with Gasteiger partial charge in [0.05, 0.1) is 18.2 Å². The number of carbonyl (C=O) groups is 1. The molecule has 4 heteroatoms. The lowest BCUT2D eigenvalue weighted by atomic mass is 10.2. The van der Waals surface area contributed by atoms with Crippen molar-refractivity contribution in [1.29, 1.82) is 5.26 Å². The Morgan fingerprint density at radius 3 is 2.87 bits per heavy atom. The number of hydrogen-bond acceptors (Lipinski definition) is 3. The fraction of sp³-hybridized carbons (Fsp3) is 0.273. The van der Waals surface area contributed by atoms with Gasteiger partial charge in [0.25, 0.3) is 0 Å². The first-order valence-electron chi connectivity index (χ1n) is 4.52. The van der Waals surface area contributed by atoms with E-state index in [1.165, 1.54) is 12.1 Å². The van der Waals surface area contributed by atoms with Gasteiger partial charge in [0.15, 0.2) is 0 Å². The third-order valence-electron chi connectivity index (χ3n) is 2.08. The molecule has 0 aliphatic heterocycles. The Balaban J connectivity index is 2.86. The molecule has 0 aromatic heterocycles. The van der Waals surface area contributed by atoms with Gasteiger partial charge in [-0.15, -0.1) is 0 Å². The highest BCUT2D eigenvalue weighted by Crippen LogP contribution is 2.18. The summed E-state index contributed by atoms with van der Waals surface area (Å²) in [6.45, 7) is 0.466. The summed E-state index contributed by atoms with van der Waals surface area (Å²) in [7, 11) is 1.70. The molecule has 0 radical (unpaired) electrons. The highest BCUT2D eigenvalue weighted by Gasteiger charge is 2.07. The normalized spacial score (nSPS) is 9.40. The minimum absolute atomic E-state index is 0.310. The summed E-state index contributed by atoms with van der Waals surface area (Å²) in [6, 6.07) is 6.26. The number of nitrogens with zero attached hydrogens (tertiary/aromatic N) is 2. The van der Waals surface area contributed by atoms with Gasteiger partial charge in [-0.2, -0.15) is 5.26 Å². The zero-order valence-corrected chi connectivity index (χ0v) is 8.40. The molecule has 1 aromatic carbocycles. The molecule has 0 unspecified atom stereocenters. The summed E-state index contributed by atoms with van der Waals surface area (Å²) < 4.78 is 13.4. The fourth-order valence-corrected chi connectivity index (χ4v) is 1.24. The minimum Gasteiger partial charge on any atom is -0.371 e. The van der Waals surface area contributed by atoms with E-state index in [2.05, 4.69) is 0 Å². The van der Waals surface area contributed by atoms with Crippen molar-refractivity contribution in [2.75, 3.05) is 18.5 Å². The molecular weight excluding hydrogens is 195 g/mol. The smallest absolute Gasteiger partial charge is 0.150 e. The lowest BCUT2D eigenvalue weighted by Crippen LogP contribution is -2.19. The van der Waals surface area contributed by atoms with Crippen LogP contribution in [0.1, 0.15) is 16.8 Å². The van der Waals surface area contributed by atoms with E-state index in [1.807, 2.05) is 6.07 Å². The van der Waals surface area contributed by atoms with Crippen LogP contribution in [0.15, 0.2) is 18.2 Å². The van der Waals surface area contributed by atoms with Crippen molar-refractivity contribution in [1.82, 2.24) is 0 Å². The van der Waals surface area contributed by atoms with Crippen LogP contribution in [0.2, 0.25) is 0 Å². The largest absolute Gasteiger partial charge is 0.371 e. The summed E-state index contributed by atoms with van der Waals surface area (Å²) >= 11 is 0. The number of hydrogen-bond donors (Lipinski definition) is 0. The molecular formula is C11H11FN2O. The molecule has 78 valence electrons. The topological polar surface area (TPSA) is 44.1 Å². The molecule has 0 heterocycles. The predicted octanol–water partition coefficient (Wildman–Crippen LogP) is 1.99. The Morgan fingerprint density at radius 2 is 2.33 bits per heavy atom. The maximum absolute atomic E-state index is 13.4. The summed E-state index contributed by atoms with van der Waals surface area (Å²) in [4.78, 5) is 12.0. The van der Waals surface area contributed by atoms with Crippen molar-refractivity contribution < 1.29 is 9.18 Å². The second-order valence-electron chi connectivity index (χ2n) is 3.16. The first-order valence-corrected chi connectivity index (χ1v) is 4.52. The summed E-state index contributed by atoms with van der Waals surface area (Å²) in [5.74, 6) is -0.444. The Morgan fingerprint density at radius 1 is 1.60 bits per heavy atom. The first kappa shape index (κ1) is 11.2. The highest BCUT2D eigenvalue weighted by molar-refractivity contribution is 5.75. The van der Waals surface area contributed by atoms with Crippen LogP contribution in [-0.4, -0.2) is 19.9 Å². The highest BCUT2D eigenvalue weighted by atomic mass is 19.1. The number of nitriles is 1. The average Bonchev–Trinajstić information content (AvgIpc) is 2.25. The van der Waals surface area contributed by atoms with Gasteiger partial charge >= 0.3 is 0 Å². The van der Waals surface area contributed by atoms with E-state index in [0.29, 0.717) is 30.5 Å². The van der Waals surface area contributed by atoms with Crippen LogP contribution in [0.5, 0.6) is 0 Å².